The number of amides is 3. The molecule has 3 aromatic carbocycles. The van der Waals surface area contributed by atoms with Gasteiger partial charge in [-0.1, -0.05) is 42.5 Å². The molecule has 8 nitrogen and oxygen atoms in total. The molecule has 0 saturated carbocycles. The number of carbonyl (C=O) groups excluding carboxylic acids is 3. The Balaban J connectivity index is 1.52. The number of hydrazone groups is 1. The van der Waals surface area contributed by atoms with Gasteiger partial charge in [-0.2, -0.15) is 18.3 Å². The molecule has 0 spiro atoms. The van der Waals surface area contributed by atoms with Crippen molar-refractivity contribution in [1.82, 2.24) is 5.43 Å². The smallest absolute Gasteiger partial charge is 0.418 e. The number of carbonyl (C=O) groups is 3. The Labute approximate surface area is 204 Å². The highest BCUT2D eigenvalue weighted by molar-refractivity contribution is 6.39. The van der Waals surface area contributed by atoms with E-state index in [1.807, 2.05) is 0 Å². The lowest BCUT2D eigenvalue weighted by Crippen LogP contribution is -2.32. The van der Waals surface area contributed by atoms with Crippen LogP contribution in [0.25, 0.3) is 0 Å². The number of rotatable bonds is 7. The number of ether oxygens (including phenoxy) is 1. The molecule has 0 radical (unpaired) electrons. The summed E-state index contributed by atoms with van der Waals surface area (Å²) in [6.07, 6.45) is -3.36. The number of halogens is 3. The van der Waals surface area contributed by atoms with Crippen molar-refractivity contribution in [3.63, 3.8) is 0 Å². The zero-order valence-electron chi connectivity index (χ0n) is 18.9. The minimum Gasteiger partial charge on any atom is -0.484 e. The van der Waals surface area contributed by atoms with Gasteiger partial charge in [0.15, 0.2) is 6.61 Å². The summed E-state index contributed by atoms with van der Waals surface area (Å²) in [7, 11) is 0. The van der Waals surface area contributed by atoms with Gasteiger partial charge in [0.25, 0.3) is 5.91 Å². The SMILES string of the molecule is Cc1ccccc1NC(=O)C(=O)N/N=C\c1cccc(OCC(=O)Nc2ccccc2C(F)(F)F)c1. The molecule has 0 aliphatic heterocycles. The van der Waals surface area contributed by atoms with Crippen molar-refractivity contribution >= 4 is 35.3 Å². The van der Waals surface area contributed by atoms with Gasteiger partial charge in [0, 0.05) is 5.69 Å². The largest absolute Gasteiger partial charge is 0.484 e. The summed E-state index contributed by atoms with van der Waals surface area (Å²) in [5, 5.41) is 8.39. The fourth-order valence-corrected chi connectivity index (χ4v) is 2.97. The topological polar surface area (TPSA) is 109 Å². The minimum absolute atomic E-state index is 0.238. The van der Waals surface area contributed by atoms with Crippen molar-refractivity contribution in [2.75, 3.05) is 17.2 Å². The number of nitrogens with one attached hydrogen (secondary N) is 3. The summed E-state index contributed by atoms with van der Waals surface area (Å²) in [5.74, 6) is -2.41. The Morgan fingerprint density at radius 3 is 2.31 bits per heavy atom. The lowest BCUT2D eigenvalue weighted by Gasteiger charge is -2.13. The first kappa shape index (κ1) is 25.9. The van der Waals surface area contributed by atoms with E-state index in [4.69, 9.17) is 4.74 Å². The molecule has 0 unspecified atom stereocenters. The Morgan fingerprint density at radius 1 is 0.889 bits per heavy atom. The third-order valence-electron chi connectivity index (χ3n) is 4.71. The highest BCUT2D eigenvalue weighted by atomic mass is 19.4. The standard InChI is InChI=1S/C25H21F3N4O4/c1-16-7-2-4-11-20(16)31-23(34)24(35)32-29-14-17-8-6-9-18(13-17)36-15-22(33)30-21-12-5-3-10-19(21)25(26,27)28/h2-14H,15H2,1H3,(H,30,33)(H,31,34)(H,32,35)/b29-14-. The molecule has 0 aromatic heterocycles. The number of hydrogen-bond acceptors (Lipinski definition) is 5. The molecule has 0 atom stereocenters. The molecule has 186 valence electrons. The van der Waals surface area contributed by atoms with Crippen LogP contribution in [-0.2, 0) is 20.6 Å². The molecular formula is C25H21F3N4O4. The third kappa shape index (κ3) is 7.42. The molecule has 3 aromatic rings. The Bertz CT molecular complexity index is 1290. The monoisotopic (exact) mass is 498 g/mol. The minimum atomic E-state index is -4.62. The fraction of sp³-hybridized carbons (Fsp3) is 0.120. The van der Waals surface area contributed by atoms with Gasteiger partial charge < -0.3 is 15.4 Å². The van der Waals surface area contributed by atoms with Crippen LogP contribution in [0.3, 0.4) is 0 Å². The van der Waals surface area contributed by atoms with Crippen molar-refractivity contribution < 1.29 is 32.3 Å². The Hall–Kier alpha value is -4.67. The van der Waals surface area contributed by atoms with Gasteiger partial charge >= 0.3 is 18.0 Å². The summed E-state index contributed by atoms with van der Waals surface area (Å²) in [5.41, 5.74) is 2.52. The predicted molar refractivity (Wildman–Crippen MR) is 128 cm³/mol. The van der Waals surface area contributed by atoms with E-state index >= 15 is 0 Å². The van der Waals surface area contributed by atoms with Crippen molar-refractivity contribution in [3.8, 4) is 5.75 Å². The average molecular weight is 498 g/mol. The van der Waals surface area contributed by atoms with Crippen LogP contribution in [0.1, 0.15) is 16.7 Å². The van der Waals surface area contributed by atoms with Gasteiger partial charge in [0.2, 0.25) is 0 Å². The van der Waals surface area contributed by atoms with Crippen LogP contribution in [0, 0.1) is 6.92 Å². The first-order chi connectivity index (χ1) is 17.1. The molecule has 3 rings (SSSR count). The predicted octanol–water partition coefficient (Wildman–Crippen LogP) is 4.12. The van der Waals surface area contributed by atoms with Crippen molar-refractivity contribution in [1.29, 1.82) is 0 Å². The van der Waals surface area contributed by atoms with E-state index in [0.29, 0.717) is 11.3 Å². The normalized spacial score (nSPS) is 11.1. The van der Waals surface area contributed by atoms with Crippen LogP contribution in [0.2, 0.25) is 0 Å². The van der Waals surface area contributed by atoms with E-state index in [-0.39, 0.29) is 11.4 Å². The second kappa shape index (κ2) is 11.6. The molecule has 3 N–H and O–H groups in total. The highest BCUT2D eigenvalue weighted by Gasteiger charge is 2.33. The number of nitrogens with zero attached hydrogens (tertiary/aromatic N) is 1. The van der Waals surface area contributed by atoms with Crippen LogP contribution < -0.4 is 20.8 Å². The van der Waals surface area contributed by atoms with E-state index in [2.05, 4.69) is 21.2 Å². The molecule has 0 bridgehead atoms. The van der Waals surface area contributed by atoms with E-state index in [0.717, 1.165) is 17.7 Å². The van der Waals surface area contributed by atoms with Crippen LogP contribution in [0.5, 0.6) is 5.75 Å². The van der Waals surface area contributed by atoms with Crippen LogP contribution in [0.15, 0.2) is 77.9 Å². The zero-order valence-corrected chi connectivity index (χ0v) is 18.9. The second-order valence-corrected chi connectivity index (χ2v) is 7.42. The van der Waals surface area contributed by atoms with E-state index in [1.54, 1.807) is 43.3 Å². The summed E-state index contributed by atoms with van der Waals surface area (Å²) >= 11 is 0. The van der Waals surface area contributed by atoms with Crippen molar-refractivity contribution in [2.45, 2.75) is 13.1 Å². The number of anilines is 2. The first-order valence-electron chi connectivity index (χ1n) is 10.5. The lowest BCUT2D eigenvalue weighted by atomic mass is 10.1. The highest BCUT2D eigenvalue weighted by Crippen LogP contribution is 2.34. The maximum absolute atomic E-state index is 13.1. The number of alkyl halides is 3. The molecule has 0 aliphatic carbocycles. The number of aryl methyl sites for hydroxylation is 1. The third-order valence-corrected chi connectivity index (χ3v) is 4.71. The molecular weight excluding hydrogens is 477 g/mol. The van der Waals surface area contributed by atoms with Crippen molar-refractivity contribution in [2.24, 2.45) is 5.10 Å². The fourth-order valence-electron chi connectivity index (χ4n) is 2.97. The summed E-state index contributed by atoms with van der Waals surface area (Å²) in [6, 6.07) is 17.8. The van der Waals surface area contributed by atoms with E-state index in [1.165, 1.54) is 30.5 Å². The van der Waals surface area contributed by atoms with E-state index in [9.17, 15) is 27.6 Å². The first-order valence-corrected chi connectivity index (χ1v) is 10.5. The summed E-state index contributed by atoms with van der Waals surface area (Å²) in [6.45, 7) is 1.24. The summed E-state index contributed by atoms with van der Waals surface area (Å²) < 4.78 is 44.5. The Morgan fingerprint density at radius 2 is 1.58 bits per heavy atom. The van der Waals surface area contributed by atoms with Gasteiger partial charge in [0.05, 0.1) is 17.5 Å². The average Bonchev–Trinajstić information content (AvgIpc) is 2.84. The summed E-state index contributed by atoms with van der Waals surface area (Å²) in [4.78, 5) is 36.1. The van der Waals surface area contributed by atoms with Gasteiger partial charge in [-0.25, -0.2) is 5.43 Å². The number of para-hydroxylation sites is 2. The van der Waals surface area contributed by atoms with Crippen LogP contribution in [0.4, 0.5) is 24.5 Å². The molecule has 0 fully saturated rings. The lowest BCUT2D eigenvalue weighted by molar-refractivity contribution is -0.137. The van der Waals surface area contributed by atoms with Crippen LogP contribution in [-0.4, -0.2) is 30.5 Å². The van der Waals surface area contributed by atoms with Gasteiger partial charge in [-0.15, -0.1) is 0 Å². The van der Waals surface area contributed by atoms with Gasteiger partial charge in [-0.3, -0.25) is 14.4 Å². The molecule has 0 aliphatic rings. The Kier molecular flexibility index (Phi) is 8.39. The maximum atomic E-state index is 13.1. The van der Waals surface area contributed by atoms with Crippen LogP contribution >= 0.6 is 0 Å². The maximum Gasteiger partial charge on any atom is 0.418 e. The number of benzene rings is 3. The molecule has 0 saturated heterocycles. The molecule has 3 amide bonds. The van der Waals surface area contributed by atoms with E-state index < -0.39 is 36.1 Å². The zero-order chi connectivity index (χ0) is 26.1. The van der Waals surface area contributed by atoms with Gasteiger partial charge in [-0.05, 0) is 48.4 Å². The van der Waals surface area contributed by atoms with Crippen molar-refractivity contribution in [3.05, 3.63) is 89.5 Å². The molecule has 11 heteroatoms. The molecule has 36 heavy (non-hydrogen) atoms. The molecule has 0 heterocycles. The quantitative estimate of drug-likeness (QED) is 0.259. The number of hydrogen-bond donors (Lipinski definition) is 3. The second-order valence-electron chi connectivity index (χ2n) is 7.42. The van der Waals surface area contributed by atoms with Gasteiger partial charge in [0.1, 0.15) is 5.75 Å².